The number of aliphatic carboxylic acids is 1. The molecule has 0 unspecified atom stereocenters. The number of carbonyl (C=O) groups is 1. The minimum Gasteiger partial charge on any atom is -0.481 e. The Morgan fingerprint density at radius 3 is 2.79 bits per heavy atom. The molecule has 1 aromatic heterocycles. The maximum Gasteiger partial charge on any atom is 0.303 e. The summed E-state index contributed by atoms with van der Waals surface area (Å²) < 4.78 is 0. The highest BCUT2D eigenvalue weighted by molar-refractivity contribution is 6.35. The van der Waals surface area contributed by atoms with Crippen molar-refractivity contribution in [2.24, 2.45) is 0 Å². The summed E-state index contributed by atoms with van der Waals surface area (Å²) >= 11 is 6.40. The fourth-order valence-electron chi connectivity index (χ4n) is 3.74. The monoisotopic (exact) mass is 348 g/mol. The first-order chi connectivity index (χ1) is 11.6. The Kier molecular flexibility index (Phi) is 5.80. The SMILES string of the molecule is O=C(O)CCCCCN1CCC(c2c[nH]c3cccc(Cl)c23)CC1. The van der Waals surface area contributed by atoms with Crippen molar-refractivity contribution in [3.8, 4) is 0 Å². The summed E-state index contributed by atoms with van der Waals surface area (Å²) in [5.74, 6) is -0.116. The summed E-state index contributed by atoms with van der Waals surface area (Å²) in [5.41, 5.74) is 2.48. The summed E-state index contributed by atoms with van der Waals surface area (Å²) in [4.78, 5) is 16.4. The van der Waals surface area contributed by atoms with Crippen LogP contribution >= 0.6 is 11.6 Å². The first kappa shape index (κ1) is 17.3. The van der Waals surface area contributed by atoms with Crippen LogP contribution in [0, 0.1) is 0 Å². The number of halogens is 1. The van der Waals surface area contributed by atoms with Crippen LogP contribution in [-0.2, 0) is 4.79 Å². The Morgan fingerprint density at radius 1 is 1.25 bits per heavy atom. The van der Waals surface area contributed by atoms with Crippen LogP contribution in [0.2, 0.25) is 5.02 Å². The lowest BCUT2D eigenvalue weighted by Gasteiger charge is -2.32. The summed E-state index contributed by atoms with van der Waals surface area (Å²) in [6.07, 6.45) is 7.63. The number of nitrogens with zero attached hydrogens (tertiary/aromatic N) is 1. The molecule has 24 heavy (non-hydrogen) atoms. The van der Waals surface area contributed by atoms with Gasteiger partial charge in [-0.25, -0.2) is 0 Å². The molecule has 5 heteroatoms. The zero-order chi connectivity index (χ0) is 16.9. The highest BCUT2D eigenvalue weighted by atomic mass is 35.5. The van der Waals surface area contributed by atoms with Crippen molar-refractivity contribution in [3.63, 3.8) is 0 Å². The maximum atomic E-state index is 10.5. The van der Waals surface area contributed by atoms with Gasteiger partial charge in [-0.3, -0.25) is 4.79 Å². The van der Waals surface area contributed by atoms with Gasteiger partial charge in [-0.05, 0) is 68.9 Å². The molecule has 0 saturated carbocycles. The summed E-state index contributed by atoms with van der Waals surface area (Å²) in [6, 6.07) is 6.03. The van der Waals surface area contributed by atoms with E-state index in [2.05, 4.69) is 22.1 Å². The van der Waals surface area contributed by atoms with E-state index < -0.39 is 5.97 Å². The summed E-state index contributed by atoms with van der Waals surface area (Å²) in [5, 5.41) is 10.7. The zero-order valence-electron chi connectivity index (χ0n) is 13.9. The van der Waals surface area contributed by atoms with Gasteiger partial charge in [0, 0.05) is 23.5 Å². The molecule has 0 spiro atoms. The number of hydrogen-bond donors (Lipinski definition) is 2. The van der Waals surface area contributed by atoms with Crippen molar-refractivity contribution in [1.82, 2.24) is 9.88 Å². The molecular weight excluding hydrogens is 324 g/mol. The van der Waals surface area contributed by atoms with Crippen LogP contribution in [0.25, 0.3) is 10.9 Å². The predicted molar refractivity (Wildman–Crippen MR) is 97.8 cm³/mol. The molecule has 3 rings (SSSR count). The van der Waals surface area contributed by atoms with Gasteiger partial charge in [-0.1, -0.05) is 24.1 Å². The van der Waals surface area contributed by atoms with E-state index in [0.717, 1.165) is 62.3 Å². The van der Waals surface area contributed by atoms with Gasteiger partial charge in [-0.15, -0.1) is 0 Å². The molecule has 2 heterocycles. The van der Waals surface area contributed by atoms with E-state index in [1.807, 2.05) is 12.1 Å². The number of piperidine rings is 1. The van der Waals surface area contributed by atoms with Gasteiger partial charge >= 0.3 is 5.97 Å². The molecule has 0 amide bonds. The van der Waals surface area contributed by atoms with Gasteiger partial charge in [0.15, 0.2) is 0 Å². The fraction of sp³-hybridized carbons (Fsp3) is 0.526. The predicted octanol–water partition coefficient (Wildman–Crippen LogP) is 4.65. The van der Waals surface area contributed by atoms with Crippen molar-refractivity contribution in [2.45, 2.75) is 44.4 Å². The third kappa shape index (κ3) is 4.11. The van der Waals surface area contributed by atoms with E-state index in [9.17, 15) is 4.79 Å². The molecule has 4 nitrogen and oxygen atoms in total. The number of rotatable bonds is 7. The van der Waals surface area contributed by atoms with Gasteiger partial charge in [-0.2, -0.15) is 0 Å². The number of carboxylic acids is 1. The lowest BCUT2D eigenvalue weighted by Crippen LogP contribution is -2.33. The number of aromatic nitrogens is 1. The van der Waals surface area contributed by atoms with Crippen molar-refractivity contribution < 1.29 is 9.90 Å². The number of carboxylic acid groups (broad SMARTS) is 1. The Hall–Kier alpha value is -1.52. The minimum atomic E-state index is -0.687. The van der Waals surface area contributed by atoms with E-state index >= 15 is 0 Å². The number of nitrogens with one attached hydrogen (secondary N) is 1. The number of unbranched alkanes of at least 4 members (excludes halogenated alkanes) is 2. The highest BCUT2D eigenvalue weighted by Gasteiger charge is 2.23. The normalized spacial score (nSPS) is 16.7. The van der Waals surface area contributed by atoms with Gasteiger partial charge in [0.2, 0.25) is 0 Å². The molecule has 1 aliphatic heterocycles. The molecule has 0 atom stereocenters. The zero-order valence-corrected chi connectivity index (χ0v) is 14.7. The first-order valence-corrected chi connectivity index (χ1v) is 9.22. The van der Waals surface area contributed by atoms with Crippen LogP contribution in [0.15, 0.2) is 24.4 Å². The summed E-state index contributed by atoms with van der Waals surface area (Å²) in [6.45, 7) is 3.31. The molecule has 2 N–H and O–H groups in total. The molecule has 0 bridgehead atoms. The van der Waals surface area contributed by atoms with Crippen molar-refractivity contribution in [1.29, 1.82) is 0 Å². The molecule has 0 radical (unpaired) electrons. The van der Waals surface area contributed by atoms with E-state index in [-0.39, 0.29) is 0 Å². The Balaban J connectivity index is 1.49. The topological polar surface area (TPSA) is 56.3 Å². The number of fused-ring (bicyclic) bond motifs is 1. The quantitative estimate of drug-likeness (QED) is 0.716. The molecule has 2 aromatic rings. The number of likely N-dealkylation sites (tertiary alicyclic amines) is 1. The average molecular weight is 349 g/mol. The largest absolute Gasteiger partial charge is 0.481 e. The third-order valence-electron chi connectivity index (χ3n) is 5.08. The molecule has 0 aliphatic carbocycles. The van der Waals surface area contributed by atoms with Crippen LogP contribution in [0.5, 0.6) is 0 Å². The van der Waals surface area contributed by atoms with Crippen LogP contribution in [0.1, 0.15) is 50.0 Å². The minimum absolute atomic E-state index is 0.295. The first-order valence-electron chi connectivity index (χ1n) is 8.85. The lowest BCUT2D eigenvalue weighted by molar-refractivity contribution is -0.137. The molecule has 1 fully saturated rings. The van der Waals surface area contributed by atoms with Crippen LogP contribution in [0.3, 0.4) is 0 Å². The Bertz CT molecular complexity index is 690. The smallest absolute Gasteiger partial charge is 0.303 e. The standard InChI is InChI=1S/C19H25ClN2O2/c20-16-5-4-6-17-19(16)15(13-21-17)14-8-11-22(12-9-14)10-3-1-2-7-18(23)24/h4-6,13-14,21H,1-3,7-12H2,(H,23,24). The second-order valence-corrected chi connectivity index (χ2v) is 7.13. The van der Waals surface area contributed by atoms with E-state index in [0.29, 0.717) is 12.3 Å². The van der Waals surface area contributed by atoms with Gasteiger partial charge in [0.05, 0.1) is 5.02 Å². The van der Waals surface area contributed by atoms with E-state index in [1.54, 1.807) is 0 Å². The van der Waals surface area contributed by atoms with Gasteiger partial charge in [0.25, 0.3) is 0 Å². The van der Waals surface area contributed by atoms with Gasteiger partial charge in [0.1, 0.15) is 0 Å². The van der Waals surface area contributed by atoms with Crippen molar-refractivity contribution in [2.75, 3.05) is 19.6 Å². The summed E-state index contributed by atoms with van der Waals surface area (Å²) in [7, 11) is 0. The number of aromatic amines is 1. The van der Waals surface area contributed by atoms with Gasteiger partial charge < -0.3 is 15.0 Å². The van der Waals surface area contributed by atoms with E-state index in [1.165, 1.54) is 10.9 Å². The lowest BCUT2D eigenvalue weighted by atomic mass is 9.89. The van der Waals surface area contributed by atoms with Crippen LogP contribution in [0.4, 0.5) is 0 Å². The molecule has 130 valence electrons. The average Bonchev–Trinajstić information content (AvgIpc) is 3.00. The second kappa shape index (κ2) is 8.04. The van der Waals surface area contributed by atoms with Crippen LogP contribution < -0.4 is 0 Å². The second-order valence-electron chi connectivity index (χ2n) is 6.73. The number of H-pyrrole nitrogens is 1. The Morgan fingerprint density at radius 2 is 2.04 bits per heavy atom. The molecular formula is C19H25ClN2O2. The Labute approximate surface area is 147 Å². The molecule has 1 saturated heterocycles. The van der Waals surface area contributed by atoms with Crippen molar-refractivity contribution >= 4 is 28.5 Å². The highest BCUT2D eigenvalue weighted by Crippen LogP contribution is 2.36. The molecule has 1 aromatic carbocycles. The number of benzene rings is 1. The maximum absolute atomic E-state index is 10.5. The van der Waals surface area contributed by atoms with Crippen LogP contribution in [-0.4, -0.2) is 40.6 Å². The van der Waals surface area contributed by atoms with E-state index in [4.69, 9.17) is 16.7 Å². The van der Waals surface area contributed by atoms with Crippen molar-refractivity contribution in [3.05, 3.63) is 35.0 Å². The fourth-order valence-corrected chi connectivity index (χ4v) is 4.03. The number of hydrogen-bond acceptors (Lipinski definition) is 2. The molecule has 1 aliphatic rings. The third-order valence-corrected chi connectivity index (χ3v) is 5.39.